The third-order valence-electron chi connectivity index (χ3n) is 4.44. The van der Waals surface area contributed by atoms with Crippen LogP contribution in [0.4, 0.5) is 11.4 Å². The second kappa shape index (κ2) is 12.8. The molecule has 0 bridgehead atoms. The molecule has 0 radical (unpaired) electrons. The van der Waals surface area contributed by atoms with Crippen molar-refractivity contribution >= 4 is 17.2 Å². The van der Waals surface area contributed by atoms with Gasteiger partial charge < -0.3 is 45.2 Å². The van der Waals surface area contributed by atoms with Crippen molar-refractivity contribution in [2.45, 2.75) is 0 Å². The van der Waals surface area contributed by atoms with Crippen LogP contribution < -0.4 is 35.7 Å². The smallest absolute Gasteiger partial charge is 0.188 e. The first kappa shape index (κ1) is 25.4. The second-order valence-electron chi connectivity index (χ2n) is 6.49. The number of nitriles is 1. The number of nitrogens with one attached hydrogen (secondary N) is 1. The van der Waals surface area contributed by atoms with Crippen molar-refractivity contribution < 1.29 is 28.4 Å². The predicted molar refractivity (Wildman–Crippen MR) is 124 cm³/mol. The summed E-state index contributed by atoms with van der Waals surface area (Å²) < 4.78 is 30.6. The topological polar surface area (TPSA) is 156 Å². The largest absolute Gasteiger partial charge is 0.491 e. The number of hydrogen-bond donors (Lipinski definition) is 3. The first-order valence-electron chi connectivity index (χ1n) is 9.87. The van der Waals surface area contributed by atoms with E-state index in [1.807, 2.05) is 12.1 Å². The molecular weight excluding hydrogens is 430 g/mol. The lowest BCUT2D eigenvalue weighted by molar-refractivity contribution is 0.0491. The summed E-state index contributed by atoms with van der Waals surface area (Å²) in [6.07, 6.45) is 0. The average Bonchev–Trinajstić information content (AvgIpc) is 3.36. The maximum absolute atomic E-state index is 8.75. The molecule has 0 unspecified atom stereocenters. The zero-order chi connectivity index (χ0) is 24.2. The minimum absolute atomic E-state index is 0.0989. The molecule has 178 valence electrons. The van der Waals surface area contributed by atoms with Gasteiger partial charge in [0.15, 0.2) is 36.6 Å². The number of amidine groups is 1. The van der Waals surface area contributed by atoms with Gasteiger partial charge in [0.25, 0.3) is 0 Å². The summed E-state index contributed by atoms with van der Waals surface area (Å²) in [6, 6.07) is 8.81. The lowest BCUT2D eigenvalue weighted by Gasteiger charge is -2.15. The van der Waals surface area contributed by atoms with E-state index in [4.69, 9.17) is 45.2 Å². The summed E-state index contributed by atoms with van der Waals surface area (Å²) in [6.45, 7) is 1.84. The van der Waals surface area contributed by atoms with Crippen LogP contribution in [-0.4, -0.2) is 61.0 Å². The molecule has 5 N–H and O–H groups in total. The van der Waals surface area contributed by atoms with Crippen LogP contribution in [0.3, 0.4) is 0 Å². The third-order valence-corrected chi connectivity index (χ3v) is 4.44. The van der Waals surface area contributed by atoms with Gasteiger partial charge in [-0.3, -0.25) is 4.99 Å². The van der Waals surface area contributed by atoms with E-state index in [0.717, 1.165) is 24.5 Å². The van der Waals surface area contributed by atoms with Crippen LogP contribution in [0.2, 0.25) is 0 Å². The van der Waals surface area contributed by atoms with Gasteiger partial charge in [0.05, 0.1) is 37.7 Å². The molecule has 0 atom stereocenters. The van der Waals surface area contributed by atoms with Crippen LogP contribution in [0.1, 0.15) is 11.1 Å². The number of aliphatic imine (C=N–C) groups is 1. The molecule has 1 aliphatic rings. The molecule has 0 amide bonds. The Bertz CT molecular complexity index is 1010. The van der Waals surface area contributed by atoms with E-state index in [1.165, 1.54) is 14.2 Å². The number of nitrogens with two attached hydrogens (primary N) is 2. The minimum atomic E-state index is 0.0989. The standard InChI is InChI=1S/C12H17N3O3.C10H12N2O3/c1-16-7-18-9-4-3-8(10(13)11(9)17-2)12-14-5-6-15-12;1-13-6-15-8-4-3-7(5-11)9(12)10(8)14-2/h3-4H,5-7,13H2,1-2H3,(H,14,15);3-4H,6,12H2,1-2H3. The molecule has 3 rings (SSSR count). The lowest BCUT2D eigenvalue weighted by atomic mass is 10.1. The van der Waals surface area contributed by atoms with Crippen LogP contribution in [0.5, 0.6) is 23.0 Å². The highest BCUT2D eigenvalue weighted by atomic mass is 16.7. The van der Waals surface area contributed by atoms with E-state index in [2.05, 4.69) is 10.3 Å². The Hall–Kier alpha value is -3.88. The number of nitrogens with zero attached hydrogens (tertiary/aromatic N) is 2. The van der Waals surface area contributed by atoms with Gasteiger partial charge in [-0.15, -0.1) is 0 Å². The molecule has 0 spiro atoms. The minimum Gasteiger partial charge on any atom is -0.491 e. The summed E-state index contributed by atoms with van der Waals surface area (Å²) in [7, 11) is 6.09. The van der Waals surface area contributed by atoms with Gasteiger partial charge in [-0.2, -0.15) is 5.26 Å². The van der Waals surface area contributed by atoms with E-state index in [1.54, 1.807) is 32.4 Å². The number of benzene rings is 2. The fraction of sp³-hybridized carbons (Fsp3) is 0.364. The molecule has 2 aromatic carbocycles. The zero-order valence-corrected chi connectivity index (χ0v) is 19.1. The van der Waals surface area contributed by atoms with E-state index in [9.17, 15) is 0 Å². The summed E-state index contributed by atoms with van der Waals surface area (Å²) in [5.41, 5.74) is 13.8. The third kappa shape index (κ3) is 6.31. The molecule has 1 aliphatic heterocycles. The number of hydrogen-bond acceptors (Lipinski definition) is 11. The van der Waals surface area contributed by atoms with Gasteiger partial charge in [0, 0.05) is 26.3 Å². The Morgan fingerprint density at radius 3 is 1.97 bits per heavy atom. The van der Waals surface area contributed by atoms with Gasteiger partial charge in [-0.05, 0) is 24.3 Å². The van der Waals surface area contributed by atoms with Crippen LogP contribution in [0.15, 0.2) is 29.3 Å². The van der Waals surface area contributed by atoms with Crippen LogP contribution in [0, 0.1) is 11.3 Å². The molecule has 11 nitrogen and oxygen atoms in total. The first-order chi connectivity index (χ1) is 16.0. The maximum Gasteiger partial charge on any atom is 0.188 e. The molecule has 1 heterocycles. The Morgan fingerprint density at radius 2 is 1.48 bits per heavy atom. The molecule has 2 aromatic rings. The van der Waals surface area contributed by atoms with E-state index >= 15 is 0 Å². The van der Waals surface area contributed by atoms with E-state index in [-0.39, 0.29) is 19.3 Å². The monoisotopic (exact) mass is 459 g/mol. The highest BCUT2D eigenvalue weighted by Crippen LogP contribution is 2.36. The number of methoxy groups -OCH3 is 4. The lowest BCUT2D eigenvalue weighted by Crippen LogP contribution is -2.21. The van der Waals surface area contributed by atoms with E-state index in [0.29, 0.717) is 34.2 Å². The van der Waals surface area contributed by atoms with Crippen molar-refractivity contribution in [1.29, 1.82) is 5.26 Å². The Labute approximate surface area is 192 Å². The summed E-state index contributed by atoms with van der Waals surface area (Å²) in [5, 5.41) is 11.9. The van der Waals surface area contributed by atoms with Gasteiger partial charge >= 0.3 is 0 Å². The molecule has 0 saturated heterocycles. The van der Waals surface area contributed by atoms with Gasteiger partial charge in [0.2, 0.25) is 0 Å². The molecule has 0 aliphatic carbocycles. The number of anilines is 2. The van der Waals surface area contributed by atoms with Gasteiger partial charge in [-0.25, -0.2) is 0 Å². The van der Waals surface area contributed by atoms with E-state index < -0.39 is 0 Å². The van der Waals surface area contributed by atoms with Crippen molar-refractivity contribution in [3.63, 3.8) is 0 Å². The Balaban J connectivity index is 0.000000238. The Kier molecular flexibility index (Phi) is 9.88. The molecule has 11 heteroatoms. The number of nitrogen functional groups attached to an aromatic ring is 2. The predicted octanol–water partition coefficient (Wildman–Crippen LogP) is 1.74. The first-order valence-corrected chi connectivity index (χ1v) is 9.87. The molecule has 0 aromatic heterocycles. The Morgan fingerprint density at radius 1 is 0.909 bits per heavy atom. The average molecular weight is 460 g/mol. The summed E-state index contributed by atoms with van der Waals surface area (Å²) in [4.78, 5) is 4.34. The highest BCUT2D eigenvalue weighted by molar-refractivity contribution is 6.05. The van der Waals surface area contributed by atoms with Crippen LogP contribution in [-0.2, 0) is 9.47 Å². The number of rotatable bonds is 9. The molecule has 0 fully saturated rings. The van der Waals surface area contributed by atoms with Crippen molar-refractivity contribution in [3.05, 3.63) is 35.4 Å². The maximum atomic E-state index is 8.75. The normalized spacial score (nSPS) is 11.9. The molecule has 0 saturated carbocycles. The quantitative estimate of drug-likeness (QED) is 0.373. The van der Waals surface area contributed by atoms with Gasteiger partial charge in [0.1, 0.15) is 11.9 Å². The SMILES string of the molecule is COCOc1ccc(C#N)c(N)c1OC.COCOc1ccc(C2=NCCN2)c(N)c1OC. The van der Waals surface area contributed by atoms with Crippen LogP contribution >= 0.6 is 0 Å². The fourth-order valence-electron chi connectivity index (χ4n) is 2.93. The van der Waals surface area contributed by atoms with Crippen LogP contribution in [0.25, 0.3) is 0 Å². The van der Waals surface area contributed by atoms with Gasteiger partial charge in [-0.1, -0.05) is 0 Å². The highest BCUT2D eigenvalue weighted by Gasteiger charge is 2.18. The number of ether oxygens (including phenoxy) is 6. The van der Waals surface area contributed by atoms with Crippen molar-refractivity contribution in [3.8, 4) is 29.1 Å². The van der Waals surface area contributed by atoms with Crippen molar-refractivity contribution in [1.82, 2.24) is 5.32 Å². The van der Waals surface area contributed by atoms with Crippen molar-refractivity contribution in [2.75, 3.05) is 66.6 Å². The fourth-order valence-corrected chi connectivity index (χ4v) is 2.93. The summed E-state index contributed by atoms with van der Waals surface area (Å²) >= 11 is 0. The zero-order valence-electron chi connectivity index (χ0n) is 19.1. The molecule has 33 heavy (non-hydrogen) atoms. The summed E-state index contributed by atoms with van der Waals surface area (Å²) in [5.74, 6) is 2.66. The molecular formula is C22H29N5O6. The van der Waals surface area contributed by atoms with Crippen molar-refractivity contribution in [2.24, 2.45) is 4.99 Å². The second-order valence-corrected chi connectivity index (χ2v) is 6.49.